The molecule has 200 valence electrons. The molecule has 9 heteroatoms. The molecule has 0 bridgehead atoms. The van der Waals surface area contributed by atoms with Gasteiger partial charge in [0.05, 0.1) is 38.5 Å². The molecule has 2 aromatic rings. The van der Waals surface area contributed by atoms with E-state index in [0.717, 1.165) is 32.5 Å². The summed E-state index contributed by atoms with van der Waals surface area (Å²) in [7, 11) is 1.55. The van der Waals surface area contributed by atoms with Crippen LogP contribution in [0.3, 0.4) is 0 Å². The fourth-order valence-corrected chi connectivity index (χ4v) is 4.74. The normalized spacial score (nSPS) is 18.5. The zero-order chi connectivity index (χ0) is 26.4. The molecule has 1 atom stereocenters. The van der Waals surface area contributed by atoms with Crippen molar-refractivity contribution in [3.63, 3.8) is 0 Å². The largest absolute Gasteiger partial charge is 0.503 e. The minimum atomic E-state index is -0.784. The minimum absolute atomic E-state index is 0.00688. The Hall–Kier alpha value is -3.30. The molecule has 2 aliphatic heterocycles. The summed E-state index contributed by atoms with van der Waals surface area (Å²) in [5, 5.41) is 10.9. The van der Waals surface area contributed by atoms with Crippen molar-refractivity contribution in [2.45, 2.75) is 39.2 Å². The van der Waals surface area contributed by atoms with Crippen LogP contribution in [0.5, 0.6) is 11.5 Å². The molecule has 1 fully saturated rings. The number of ether oxygens (including phenoxy) is 3. The maximum absolute atomic E-state index is 13.5. The van der Waals surface area contributed by atoms with Gasteiger partial charge in [-0.2, -0.15) is 0 Å². The predicted octanol–water partition coefficient (Wildman–Crippen LogP) is 4.08. The summed E-state index contributed by atoms with van der Waals surface area (Å²) < 4.78 is 22.4. The number of carbonyl (C=O) groups excluding carboxylic acids is 2. The van der Waals surface area contributed by atoms with Crippen molar-refractivity contribution in [2.24, 2.45) is 0 Å². The van der Waals surface area contributed by atoms with Gasteiger partial charge in [0.1, 0.15) is 5.76 Å². The Morgan fingerprint density at radius 2 is 1.89 bits per heavy atom. The number of morpholine rings is 1. The lowest BCUT2D eigenvalue weighted by atomic mass is 9.94. The van der Waals surface area contributed by atoms with Crippen LogP contribution in [0.15, 0.2) is 46.1 Å². The first-order chi connectivity index (χ1) is 17.9. The van der Waals surface area contributed by atoms with Crippen LogP contribution in [0.25, 0.3) is 0 Å². The van der Waals surface area contributed by atoms with Gasteiger partial charge in [0.25, 0.3) is 5.91 Å². The van der Waals surface area contributed by atoms with E-state index in [9.17, 15) is 14.7 Å². The monoisotopic (exact) mass is 512 g/mol. The Bertz CT molecular complexity index is 1130. The van der Waals surface area contributed by atoms with Crippen molar-refractivity contribution in [2.75, 3.05) is 53.1 Å². The number of aliphatic hydroxyl groups excluding tert-OH is 1. The summed E-state index contributed by atoms with van der Waals surface area (Å²) in [4.78, 5) is 30.6. The average molecular weight is 513 g/mol. The number of unbranched alkanes of at least 4 members (excludes halogenated alkanes) is 1. The van der Waals surface area contributed by atoms with Gasteiger partial charge in [0, 0.05) is 26.2 Å². The van der Waals surface area contributed by atoms with E-state index in [-0.39, 0.29) is 11.3 Å². The molecular formula is C28H36N2O7. The standard InChI is InChI=1S/C28H36N2O7/c1-4-5-15-36-21-10-8-20(18-23(21)34-3)25-24(26(31)22-9-7-19(2)37-22)27(32)28(33)30(25)12-6-11-29-13-16-35-17-14-29/h7-10,18,25,32H,4-6,11-17H2,1-3H3. The molecule has 3 heterocycles. The third-order valence-corrected chi connectivity index (χ3v) is 6.75. The number of nitrogens with zero attached hydrogens (tertiary/aromatic N) is 2. The average Bonchev–Trinajstić information content (AvgIpc) is 3.46. The van der Waals surface area contributed by atoms with Gasteiger partial charge in [0.2, 0.25) is 5.78 Å². The Morgan fingerprint density at radius 3 is 2.57 bits per heavy atom. The highest BCUT2D eigenvalue weighted by Gasteiger charge is 2.44. The summed E-state index contributed by atoms with van der Waals surface area (Å²) in [6.45, 7) is 8.63. The maximum atomic E-state index is 13.5. The van der Waals surface area contributed by atoms with E-state index in [1.54, 1.807) is 43.2 Å². The van der Waals surface area contributed by atoms with Gasteiger partial charge < -0.3 is 28.6 Å². The fraction of sp³-hybridized carbons (Fsp3) is 0.500. The second-order valence-electron chi connectivity index (χ2n) is 9.32. The van der Waals surface area contributed by atoms with E-state index in [1.165, 1.54) is 0 Å². The first kappa shape index (κ1) is 26.8. The number of rotatable bonds is 12. The molecule has 4 rings (SSSR count). The Balaban J connectivity index is 1.64. The Morgan fingerprint density at radius 1 is 1.11 bits per heavy atom. The van der Waals surface area contributed by atoms with E-state index >= 15 is 0 Å². The van der Waals surface area contributed by atoms with Crippen molar-refractivity contribution >= 4 is 11.7 Å². The number of hydrogen-bond donors (Lipinski definition) is 1. The summed E-state index contributed by atoms with van der Waals surface area (Å²) in [6.07, 6.45) is 2.61. The second kappa shape index (κ2) is 12.3. The van der Waals surface area contributed by atoms with Gasteiger partial charge in [-0.25, -0.2) is 0 Å². The van der Waals surface area contributed by atoms with Gasteiger partial charge in [0.15, 0.2) is 23.0 Å². The van der Waals surface area contributed by atoms with Crippen LogP contribution >= 0.6 is 0 Å². The molecule has 1 aromatic carbocycles. The second-order valence-corrected chi connectivity index (χ2v) is 9.32. The summed E-state index contributed by atoms with van der Waals surface area (Å²) >= 11 is 0. The SMILES string of the molecule is CCCCOc1ccc(C2C(C(=O)c3ccc(C)o3)=C(O)C(=O)N2CCCN2CCOCC2)cc1OC. The third-order valence-electron chi connectivity index (χ3n) is 6.75. The van der Waals surface area contributed by atoms with Crippen LogP contribution in [0, 0.1) is 6.92 Å². The summed E-state index contributed by atoms with van der Waals surface area (Å²) in [5.74, 6) is 0.118. The molecule has 1 saturated heterocycles. The molecule has 0 saturated carbocycles. The molecule has 0 aliphatic carbocycles. The maximum Gasteiger partial charge on any atom is 0.290 e. The first-order valence-corrected chi connectivity index (χ1v) is 12.9. The summed E-state index contributed by atoms with van der Waals surface area (Å²) in [5.41, 5.74) is 0.655. The van der Waals surface area contributed by atoms with Crippen molar-refractivity contribution in [3.05, 3.63) is 58.7 Å². The molecule has 1 unspecified atom stereocenters. The quantitative estimate of drug-likeness (QED) is 0.335. The molecule has 1 N–H and O–H groups in total. The third kappa shape index (κ3) is 5.99. The van der Waals surface area contributed by atoms with E-state index in [0.29, 0.717) is 55.6 Å². The number of aliphatic hydroxyl groups is 1. The van der Waals surface area contributed by atoms with Crippen LogP contribution in [-0.2, 0) is 9.53 Å². The lowest BCUT2D eigenvalue weighted by Crippen LogP contribution is -2.39. The Labute approximate surface area is 217 Å². The van der Waals surface area contributed by atoms with Crippen molar-refractivity contribution in [1.29, 1.82) is 0 Å². The zero-order valence-electron chi connectivity index (χ0n) is 21.8. The molecule has 1 amide bonds. The van der Waals surface area contributed by atoms with E-state index in [2.05, 4.69) is 11.8 Å². The number of amides is 1. The number of benzene rings is 1. The minimum Gasteiger partial charge on any atom is -0.503 e. The van der Waals surface area contributed by atoms with E-state index in [1.807, 2.05) is 6.07 Å². The lowest BCUT2D eigenvalue weighted by Gasteiger charge is -2.30. The smallest absolute Gasteiger partial charge is 0.290 e. The topological polar surface area (TPSA) is 102 Å². The van der Waals surface area contributed by atoms with E-state index < -0.39 is 23.5 Å². The number of carbonyl (C=O) groups is 2. The van der Waals surface area contributed by atoms with Gasteiger partial charge >= 0.3 is 0 Å². The number of hydrogen-bond acceptors (Lipinski definition) is 8. The van der Waals surface area contributed by atoms with Crippen molar-refractivity contribution in [3.8, 4) is 11.5 Å². The molecular weight excluding hydrogens is 476 g/mol. The fourth-order valence-electron chi connectivity index (χ4n) is 4.74. The van der Waals surface area contributed by atoms with Crippen molar-refractivity contribution < 1.29 is 33.3 Å². The number of methoxy groups -OCH3 is 1. The number of Topliss-reactive ketones (excluding diaryl/α,β-unsaturated/α-hetero) is 1. The number of aryl methyl sites for hydroxylation is 1. The molecule has 0 radical (unpaired) electrons. The van der Waals surface area contributed by atoms with Gasteiger partial charge in [-0.1, -0.05) is 19.4 Å². The lowest BCUT2D eigenvalue weighted by molar-refractivity contribution is -0.129. The number of ketones is 1. The summed E-state index contributed by atoms with van der Waals surface area (Å²) in [6, 6.07) is 7.83. The van der Waals surface area contributed by atoms with Crippen LogP contribution in [0.4, 0.5) is 0 Å². The van der Waals surface area contributed by atoms with Crippen LogP contribution in [-0.4, -0.2) is 79.7 Å². The van der Waals surface area contributed by atoms with E-state index in [4.69, 9.17) is 18.6 Å². The molecule has 37 heavy (non-hydrogen) atoms. The highest BCUT2D eigenvalue weighted by atomic mass is 16.5. The van der Waals surface area contributed by atoms with Gasteiger partial charge in [-0.05, 0) is 49.6 Å². The van der Waals surface area contributed by atoms with Gasteiger partial charge in [-0.3, -0.25) is 14.5 Å². The van der Waals surface area contributed by atoms with Crippen LogP contribution < -0.4 is 9.47 Å². The molecule has 1 aromatic heterocycles. The molecule has 9 nitrogen and oxygen atoms in total. The Kier molecular flexibility index (Phi) is 8.89. The van der Waals surface area contributed by atoms with Crippen molar-refractivity contribution in [1.82, 2.24) is 9.80 Å². The zero-order valence-corrected chi connectivity index (χ0v) is 21.8. The van der Waals surface area contributed by atoms with Crippen LogP contribution in [0.1, 0.15) is 54.1 Å². The molecule has 2 aliphatic rings. The molecule has 0 spiro atoms. The number of furan rings is 1. The highest BCUT2D eigenvalue weighted by molar-refractivity contribution is 6.15. The highest BCUT2D eigenvalue weighted by Crippen LogP contribution is 2.42. The predicted molar refractivity (Wildman–Crippen MR) is 137 cm³/mol. The first-order valence-electron chi connectivity index (χ1n) is 12.9. The van der Waals surface area contributed by atoms with Gasteiger partial charge in [-0.15, -0.1) is 0 Å². The van der Waals surface area contributed by atoms with Crippen LogP contribution in [0.2, 0.25) is 0 Å².